The van der Waals surface area contributed by atoms with E-state index in [-0.39, 0.29) is 17.3 Å². The fourth-order valence-corrected chi connectivity index (χ4v) is 3.57. The van der Waals surface area contributed by atoms with E-state index in [9.17, 15) is 13.2 Å². The van der Waals surface area contributed by atoms with Crippen LogP contribution in [0.2, 0.25) is 0 Å². The van der Waals surface area contributed by atoms with E-state index in [4.69, 9.17) is 0 Å². The highest BCUT2D eigenvalue weighted by Crippen LogP contribution is 2.24. The Bertz CT molecular complexity index is 834. The number of sulfonamides is 1. The zero-order valence-corrected chi connectivity index (χ0v) is 15.9. The monoisotopic (exact) mass is 379 g/mol. The second kappa shape index (κ2) is 8.37. The molecule has 0 bridgehead atoms. The summed E-state index contributed by atoms with van der Waals surface area (Å²) < 4.78 is 25.2. The predicted octanol–water partition coefficient (Wildman–Crippen LogP) is 2.71. The number of para-hydroxylation sites is 1. The molecule has 0 aromatic heterocycles. The van der Waals surface area contributed by atoms with Crippen molar-refractivity contribution in [1.29, 1.82) is 0 Å². The van der Waals surface area contributed by atoms with E-state index in [2.05, 4.69) is 10.6 Å². The van der Waals surface area contributed by atoms with E-state index in [0.717, 1.165) is 14.9 Å². The normalized spacial score (nSPS) is 11.4. The second-order valence-corrected chi connectivity index (χ2v) is 8.41. The first-order valence-electron chi connectivity index (χ1n) is 7.54. The van der Waals surface area contributed by atoms with Crippen LogP contribution in [0.25, 0.3) is 0 Å². The summed E-state index contributed by atoms with van der Waals surface area (Å²) in [5, 5.41) is 5.84. The molecule has 0 atom stereocenters. The lowest BCUT2D eigenvalue weighted by Gasteiger charge is -2.13. The minimum absolute atomic E-state index is 0.120. The highest BCUT2D eigenvalue weighted by Gasteiger charge is 2.16. The van der Waals surface area contributed by atoms with Gasteiger partial charge < -0.3 is 10.6 Å². The van der Waals surface area contributed by atoms with Gasteiger partial charge in [0.05, 0.1) is 11.4 Å². The van der Waals surface area contributed by atoms with Gasteiger partial charge in [0.2, 0.25) is 15.9 Å². The van der Waals surface area contributed by atoms with Crippen LogP contribution in [0.4, 0.5) is 11.4 Å². The smallest absolute Gasteiger partial charge is 0.243 e. The summed E-state index contributed by atoms with van der Waals surface area (Å²) in [6.45, 7) is 0.120. The first-order chi connectivity index (χ1) is 11.8. The summed E-state index contributed by atoms with van der Waals surface area (Å²) >= 11 is 1.60. The van der Waals surface area contributed by atoms with Crippen LogP contribution in [0.1, 0.15) is 0 Å². The average Bonchev–Trinajstić information content (AvgIpc) is 2.60. The highest BCUT2D eigenvalue weighted by molar-refractivity contribution is 7.98. The lowest BCUT2D eigenvalue weighted by Crippen LogP contribution is -2.23. The van der Waals surface area contributed by atoms with Gasteiger partial charge in [-0.15, -0.1) is 11.8 Å². The topological polar surface area (TPSA) is 78.5 Å². The third-order valence-corrected chi connectivity index (χ3v) is 6.09. The lowest BCUT2D eigenvalue weighted by molar-refractivity contribution is -0.114. The molecule has 2 N–H and O–H groups in total. The fourth-order valence-electron chi connectivity index (χ4n) is 2.09. The SMILES string of the molecule is CSc1ccccc1NCC(=O)Nc1ccc(S(=O)(=O)N(C)C)cc1. The van der Waals surface area contributed by atoms with Crippen LogP contribution in [0.3, 0.4) is 0 Å². The van der Waals surface area contributed by atoms with Gasteiger partial charge in [0.15, 0.2) is 0 Å². The summed E-state index contributed by atoms with van der Waals surface area (Å²) in [5.74, 6) is -0.209. The van der Waals surface area contributed by atoms with Gasteiger partial charge in [0.1, 0.15) is 0 Å². The first kappa shape index (κ1) is 19.3. The van der Waals surface area contributed by atoms with Gasteiger partial charge in [0, 0.05) is 30.4 Å². The first-order valence-corrected chi connectivity index (χ1v) is 10.2. The average molecular weight is 380 g/mol. The molecule has 25 heavy (non-hydrogen) atoms. The van der Waals surface area contributed by atoms with Gasteiger partial charge in [-0.25, -0.2) is 12.7 Å². The number of carbonyl (C=O) groups excluding carboxylic acids is 1. The van der Waals surface area contributed by atoms with Crippen molar-refractivity contribution in [2.45, 2.75) is 9.79 Å². The Morgan fingerprint density at radius 2 is 1.72 bits per heavy atom. The number of carbonyl (C=O) groups is 1. The Morgan fingerprint density at radius 1 is 1.08 bits per heavy atom. The molecule has 1 amide bonds. The molecule has 2 aromatic rings. The lowest BCUT2D eigenvalue weighted by atomic mass is 10.3. The standard InChI is InChI=1S/C17H21N3O3S2/c1-20(2)25(22,23)14-10-8-13(9-11-14)19-17(21)12-18-15-6-4-5-7-16(15)24-3/h4-11,18H,12H2,1-3H3,(H,19,21). The summed E-state index contributed by atoms with van der Waals surface area (Å²) in [7, 11) is -0.519. The Labute approximate surface area is 152 Å². The molecule has 0 radical (unpaired) electrons. The minimum Gasteiger partial charge on any atom is -0.375 e. The van der Waals surface area contributed by atoms with Crippen molar-refractivity contribution < 1.29 is 13.2 Å². The van der Waals surface area contributed by atoms with Gasteiger partial charge >= 0.3 is 0 Å². The Morgan fingerprint density at radius 3 is 2.32 bits per heavy atom. The number of anilines is 2. The quantitative estimate of drug-likeness (QED) is 0.723. The van der Waals surface area contributed by atoms with Crippen LogP contribution in [0, 0.1) is 0 Å². The predicted molar refractivity (Wildman–Crippen MR) is 103 cm³/mol. The molecular weight excluding hydrogens is 358 g/mol. The number of hydrogen-bond acceptors (Lipinski definition) is 5. The van der Waals surface area contributed by atoms with Crippen LogP contribution >= 0.6 is 11.8 Å². The van der Waals surface area contributed by atoms with Crippen LogP contribution in [-0.4, -0.2) is 45.5 Å². The van der Waals surface area contributed by atoms with Crippen molar-refractivity contribution in [1.82, 2.24) is 4.31 Å². The van der Waals surface area contributed by atoms with Crippen molar-refractivity contribution >= 4 is 39.1 Å². The van der Waals surface area contributed by atoms with Crippen LogP contribution in [0.5, 0.6) is 0 Å². The summed E-state index contributed by atoms with van der Waals surface area (Å²) in [6.07, 6.45) is 1.98. The third kappa shape index (κ3) is 4.97. The van der Waals surface area contributed by atoms with Gasteiger partial charge in [0.25, 0.3) is 0 Å². The molecule has 2 aromatic carbocycles. The van der Waals surface area contributed by atoms with E-state index >= 15 is 0 Å². The Kier molecular flexibility index (Phi) is 6.46. The van der Waals surface area contributed by atoms with Gasteiger partial charge in [-0.3, -0.25) is 4.79 Å². The molecular formula is C17H21N3O3S2. The van der Waals surface area contributed by atoms with Crippen molar-refractivity contribution in [3.05, 3.63) is 48.5 Å². The van der Waals surface area contributed by atoms with Gasteiger partial charge in [-0.2, -0.15) is 0 Å². The van der Waals surface area contributed by atoms with E-state index in [0.29, 0.717) is 5.69 Å². The van der Waals surface area contributed by atoms with Crippen molar-refractivity contribution in [3.8, 4) is 0 Å². The maximum absolute atomic E-state index is 12.1. The zero-order chi connectivity index (χ0) is 18.4. The molecule has 6 nitrogen and oxygen atoms in total. The fraction of sp³-hybridized carbons (Fsp3) is 0.235. The maximum Gasteiger partial charge on any atom is 0.243 e. The maximum atomic E-state index is 12.1. The number of amides is 1. The largest absolute Gasteiger partial charge is 0.375 e. The van der Waals surface area contributed by atoms with Gasteiger partial charge in [-0.1, -0.05) is 12.1 Å². The second-order valence-electron chi connectivity index (χ2n) is 5.41. The highest BCUT2D eigenvalue weighted by atomic mass is 32.2. The number of thioether (sulfide) groups is 1. The molecule has 0 fully saturated rings. The molecule has 134 valence electrons. The molecule has 0 heterocycles. The van der Waals surface area contributed by atoms with Gasteiger partial charge in [-0.05, 0) is 42.7 Å². The summed E-state index contributed by atoms with van der Waals surface area (Å²) in [5.41, 5.74) is 1.44. The minimum atomic E-state index is -3.47. The molecule has 0 saturated heterocycles. The zero-order valence-electron chi connectivity index (χ0n) is 14.3. The van der Waals surface area contributed by atoms with E-state index in [1.54, 1.807) is 23.9 Å². The molecule has 0 aliphatic heterocycles. The summed E-state index contributed by atoms with van der Waals surface area (Å²) in [6, 6.07) is 13.8. The number of nitrogens with one attached hydrogen (secondary N) is 2. The number of rotatable bonds is 7. The van der Waals surface area contributed by atoms with Crippen LogP contribution < -0.4 is 10.6 Å². The molecule has 0 saturated carbocycles. The number of nitrogens with zero attached hydrogens (tertiary/aromatic N) is 1. The van der Waals surface area contributed by atoms with Crippen LogP contribution in [-0.2, 0) is 14.8 Å². The van der Waals surface area contributed by atoms with Crippen molar-refractivity contribution in [3.63, 3.8) is 0 Å². The Hall–Kier alpha value is -2.03. The molecule has 0 spiro atoms. The van der Waals surface area contributed by atoms with E-state index in [1.165, 1.54) is 26.2 Å². The van der Waals surface area contributed by atoms with Crippen LogP contribution in [0.15, 0.2) is 58.3 Å². The number of benzene rings is 2. The Balaban J connectivity index is 1.97. The molecule has 0 unspecified atom stereocenters. The van der Waals surface area contributed by atoms with E-state index in [1.807, 2.05) is 30.5 Å². The molecule has 0 aliphatic rings. The van der Waals surface area contributed by atoms with Crippen molar-refractivity contribution in [2.75, 3.05) is 37.5 Å². The van der Waals surface area contributed by atoms with E-state index < -0.39 is 10.0 Å². The molecule has 0 aliphatic carbocycles. The van der Waals surface area contributed by atoms with Crippen molar-refractivity contribution in [2.24, 2.45) is 0 Å². The number of hydrogen-bond donors (Lipinski definition) is 2. The summed E-state index contributed by atoms with van der Waals surface area (Å²) in [4.78, 5) is 13.3. The molecule has 2 rings (SSSR count). The molecule has 8 heteroatoms. The third-order valence-electron chi connectivity index (χ3n) is 3.46.